The van der Waals surface area contributed by atoms with E-state index in [-0.39, 0.29) is 24.5 Å². The van der Waals surface area contributed by atoms with E-state index in [0.717, 1.165) is 31.7 Å². The molecule has 0 radical (unpaired) electrons. The van der Waals surface area contributed by atoms with Crippen molar-refractivity contribution in [3.8, 4) is 0 Å². The Balaban J connectivity index is 2.49. The molecular formula is C25H35N3O6S. The quantitative estimate of drug-likeness (QED) is 0.172. The lowest BCUT2D eigenvalue weighted by atomic mass is 9.75. The van der Waals surface area contributed by atoms with E-state index in [4.69, 9.17) is 9.47 Å². The second-order valence-corrected chi connectivity index (χ2v) is 9.15. The van der Waals surface area contributed by atoms with Crippen LogP contribution in [0.3, 0.4) is 0 Å². The summed E-state index contributed by atoms with van der Waals surface area (Å²) in [6.07, 6.45) is 2.25. The minimum absolute atomic E-state index is 0.123. The molecule has 2 atom stereocenters. The molecule has 35 heavy (non-hydrogen) atoms. The van der Waals surface area contributed by atoms with Crippen LogP contribution in [0, 0.1) is 16.0 Å². The lowest BCUT2D eigenvalue weighted by Gasteiger charge is -2.32. The van der Waals surface area contributed by atoms with Gasteiger partial charge in [-0.05, 0) is 39.3 Å². The first-order chi connectivity index (χ1) is 16.8. The molecule has 0 saturated heterocycles. The number of hydrogen-bond donors (Lipinski definition) is 1. The monoisotopic (exact) mass is 505 g/mol. The van der Waals surface area contributed by atoms with Crippen LogP contribution >= 0.6 is 11.8 Å². The van der Waals surface area contributed by atoms with E-state index >= 15 is 0 Å². The van der Waals surface area contributed by atoms with Crippen LogP contribution in [0.25, 0.3) is 0 Å². The van der Waals surface area contributed by atoms with Gasteiger partial charge < -0.3 is 14.8 Å². The number of rotatable bonds is 14. The summed E-state index contributed by atoms with van der Waals surface area (Å²) >= 11 is 1.62. The molecule has 1 aromatic carbocycles. The zero-order valence-electron chi connectivity index (χ0n) is 20.9. The van der Waals surface area contributed by atoms with Crippen molar-refractivity contribution in [2.24, 2.45) is 10.9 Å². The number of nitro groups is 1. The highest BCUT2D eigenvalue weighted by Crippen LogP contribution is 2.41. The van der Waals surface area contributed by atoms with Gasteiger partial charge in [0.1, 0.15) is 5.92 Å². The van der Waals surface area contributed by atoms with Crippen LogP contribution in [-0.2, 0) is 19.1 Å². The van der Waals surface area contributed by atoms with E-state index in [1.54, 1.807) is 44.7 Å². The number of benzene rings is 1. The zero-order chi connectivity index (χ0) is 25.8. The number of nitrogens with one attached hydrogen (secondary N) is 1. The number of carbonyl (C=O) groups is 2. The molecule has 1 heterocycles. The minimum Gasteiger partial charge on any atom is -0.465 e. The Hall–Kier alpha value is -2.72. The third kappa shape index (κ3) is 7.90. The van der Waals surface area contributed by atoms with Gasteiger partial charge in [-0.1, -0.05) is 25.5 Å². The Bertz CT molecular complexity index is 962. The summed E-state index contributed by atoms with van der Waals surface area (Å²) in [5.74, 6) is -1.53. The highest BCUT2D eigenvalue weighted by molar-refractivity contribution is 7.99. The Labute approximate surface area is 210 Å². The maximum atomic E-state index is 13.2. The summed E-state index contributed by atoms with van der Waals surface area (Å²) in [6.45, 7) is 9.38. The molecule has 1 aliphatic rings. The molecule has 1 aromatic rings. The Morgan fingerprint density at radius 2 is 1.91 bits per heavy atom. The molecule has 2 unspecified atom stereocenters. The number of hydrogen-bond acceptors (Lipinski definition) is 9. The molecule has 0 bridgehead atoms. The summed E-state index contributed by atoms with van der Waals surface area (Å²) in [4.78, 5) is 41.8. The first-order valence-electron chi connectivity index (χ1n) is 12.0. The topological polar surface area (TPSA) is 120 Å². The predicted octanol–water partition coefficient (Wildman–Crippen LogP) is 4.27. The molecule has 192 valence electrons. The summed E-state index contributed by atoms with van der Waals surface area (Å²) in [7, 11) is 0. The molecule has 0 saturated carbocycles. The van der Waals surface area contributed by atoms with Gasteiger partial charge in [0.2, 0.25) is 0 Å². The largest absolute Gasteiger partial charge is 0.465 e. The number of aliphatic imine (C=N–C) groups is 1. The molecule has 2 rings (SSSR count). The van der Waals surface area contributed by atoms with Gasteiger partial charge in [0, 0.05) is 41.8 Å². The van der Waals surface area contributed by atoms with Crippen molar-refractivity contribution in [2.75, 3.05) is 37.8 Å². The second kappa shape index (κ2) is 14.6. The molecule has 0 amide bonds. The summed E-state index contributed by atoms with van der Waals surface area (Å²) in [5, 5.41) is 14.8. The van der Waals surface area contributed by atoms with Crippen LogP contribution in [0.15, 0.2) is 40.5 Å². The highest BCUT2D eigenvalue weighted by Gasteiger charge is 2.43. The summed E-state index contributed by atoms with van der Waals surface area (Å²) in [5.41, 5.74) is 1.63. The fourth-order valence-electron chi connectivity index (χ4n) is 3.96. The predicted molar refractivity (Wildman–Crippen MR) is 138 cm³/mol. The maximum Gasteiger partial charge on any atom is 0.336 e. The van der Waals surface area contributed by atoms with Crippen molar-refractivity contribution < 1.29 is 24.0 Å². The number of thioether (sulfide) groups is 1. The Morgan fingerprint density at radius 3 is 2.57 bits per heavy atom. The van der Waals surface area contributed by atoms with Crippen molar-refractivity contribution in [1.29, 1.82) is 0 Å². The van der Waals surface area contributed by atoms with E-state index in [9.17, 15) is 19.7 Å². The smallest absolute Gasteiger partial charge is 0.336 e. The third-order valence-electron chi connectivity index (χ3n) is 5.56. The number of carbonyl (C=O) groups excluding carboxylic acids is 2. The number of unbranched alkanes of at least 4 members (excludes halogenated alkanes) is 1. The van der Waals surface area contributed by atoms with Gasteiger partial charge in [0.25, 0.3) is 5.69 Å². The van der Waals surface area contributed by atoms with Crippen LogP contribution in [0.2, 0.25) is 0 Å². The van der Waals surface area contributed by atoms with Crippen LogP contribution < -0.4 is 5.32 Å². The van der Waals surface area contributed by atoms with Crippen LogP contribution in [-0.4, -0.2) is 60.4 Å². The van der Waals surface area contributed by atoms with E-state index in [0.29, 0.717) is 22.7 Å². The fourth-order valence-corrected chi connectivity index (χ4v) is 4.81. The van der Waals surface area contributed by atoms with Crippen molar-refractivity contribution in [1.82, 2.24) is 5.32 Å². The number of ether oxygens (including phenoxy) is 2. The lowest BCUT2D eigenvalue weighted by molar-refractivity contribution is -0.384. The fraction of sp³-hybridized carbons (Fsp3) is 0.560. The maximum absolute atomic E-state index is 13.2. The normalized spacial score (nSPS) is 17.7. The molecule has 1 N–H and O–H groups in total. The molecule has 0 spiro atoms. The number of nitro benzene ring substituents is 1. The van der Waals surface area contributed by atoms with E-state index in [1.807, 2.05) is 0 Å². The molecule has 1 aliphatic heterocycles. The SMILES string of the molecule is CCCCNCCSCC1=C(C(=O)OCC)C(c2cccc([N+](=O)[O-])c2)C(C(=O)OCC)C(C)=N1. The lowest BCUT2D eigenvalue weighted by Crippen LogP contribution is -2.37. The standard InChI is InChI=1S/C25H35N3O6S/c1-5-8-12-26-13-14-35-16-20-23(25(30)34-7-3)22(18-10-9-11-19(15-18)28(31)32)21(17(4)27-20)24(29)33-6-2/h9-11,15,21-22,26H,5-8,12-14,16H2,1-4H3. The van der Waals surface area contributed by atoms with Gasteiger partial charge in [0.15, 0.2) is 0 Å². The molecule has 10 heteroatoms. The van der Waals surface area contributed by atoms with Crippen molar-refractivity contribution in [3.63, 3.8) is 0 Å². The Morgan fingerprint density at radius 1 is 1.17 bits per heavy atom. The van der Waals surface area contributed by atoms with E-state index in [1.165, 1.54) is 12.1 Å². The number of esters is 2. The second-order valence-electron chi connectivity index (χ2n) is 8.05. The first-order valence-corrected chi connectivity index (χ1v) is 13.2. The first kappa shape index (κ1) is 28.5. The van der Waals surface area contributed by atoms with Crippen molar-refractivity contribution >= 4 is 35.1 Å². The summed E-state index contributed by atoms with van der Waals surface area (Å²) in [6, 6.07) is 6.01. The van der Waals surface area contributed by atoms with Crippen molar-refractivity contribution in [2.45, 2.75) is 46.5 Å². The van der Waals surface area contributed by atoms with E-state index < -0.39 is 28.7 Å². The zero-order valence-corrected chi connectivity index (χ0v) is 21.7. The minimum atomic E-state index is -0.888. The Kier molecular flexibility index (Phi) is 11.9. The molecule has 9 nitrogen and oxygen atoms in total. The van der Waals surface area contributed by atoms with Gasteiger partial charge in [0.05, 0.1) is 29.4 Å². The van der Waals surface area contributed by atoms with Gasteiger partial charge in [-0.25, -0.2) is 4.79 Å². The van der Waals surface area contributed by atoms with Crippen LogP contribution in [0.5, 0.6) is 0 Å². The average molecular weight is 506 g/mol. The molecule has 0 aromatic heterocycles. The summed E-state index contributed by atoms with van der Waals surface area (Å²) < 4.78 is 10.7. The third-order valence-corrected chi connectivity index (χ3v) is 6.53. The molecule has 0 aliphatic carbocycles. The number of non-ortho nitro benzene ring substituents is 1. The molecular weight excluding hydrogens is 470 g/mol. The number of nitrogens with zero attached hydrogens (tertiary/aromatic N) is 2. The van der Waals surface area contributed by atoms with Crippen LogP contribution in [0.1, 0.15) is 52.0 Å². The van der Waals surface area contributed by atoms with Crippen LogP contribution in [0.4, 0.5) is 5.69 Å². The van der Waals surface area contributed by atoms with Gasteiger partial charge in [-0.3, -0.25) is 19.9 Å². The van der Waals surface area contributed by atoms with Crippen molar-refractivity contribution in [3.05, 3.63) is 51.2 Å². The van der Waals surface area contributed by atoms with Gasteiger partial charge >= 0.3 is 11.9 Å². The average Bonchev–Trinajstić information content (AvgIpc) is 2.83. The van der Waals surface area contributed by atoms with Gasteiger partial charge in [-0.15, -0.1) is 0 Å². The van der Waals surface area contributed by atoms with E-state index in [2.05, 4.69) is 17.2 Å². The highest BCUT2D eigenvalue weighted by atomic mass is 32.2. The molecule has 0 fully saturated rings. The van der Waals surface area contributed by atoms with Gasteiger partial charge in [-0.2, -0.15) is 11.8 Å².